The summed E-state index contributed by atoms with van der Waals surface area (Å²) in [7, 11) is -3.31. The van der Waals surface area contributed by atoms with E-state index in [1.165, 1.54) is 0 Å². The van der Waals surface area contributed by atoms with Gasteiger partial charge in [0, 0.05) is 12.5 Å². The molecule has 1 N–H and O–H groups in total. The van der Waals surface area contributed by atoms with Gasteiger partial charge >= 0.3 is 0 Å². The molecule has 5 nitrogen and oxygen atoms in total. The molecule has 6 heteroatoms. The van der Waals surface area contributed by atoms with E-state index in [0.717, 1.165) is 18.5 Å². The second-order valence-electron chi connectivity index (χ2n) is 5.41. The van der Waals surface area contributed by atoms with Gasteiger partial charge in [-0.15, -0.1) is 0 Å². The SMILES string of the molecule is CCNC1c2cc3c(cc2S(=O)(=O)C1CC)OCCCO3. The van der Waals surface area contributed by atoms with E-state index in [2.05, 4.69) is 5.32 Å². The van der Waals surface area contributed by atoms with Crippen LogP contribution in [0.25, 0.3) is 0 Å². The molecule has 0 aromatic heterocycles. The zero-order valence-electron chi connectivity index (χ0n) is 12.4. The van der Waals surface area contributed by atoms with Crippen molar-refractivity contribution in [1.29, 1.82) is 0 Å². The Kier molecular flexibility index (Phi) is 3.84. The van der Waals surface area contributed by atoms with Gasteiger partial charge in [0.15, 0.2) is 21.3 Å². The standard InChI is InChI=1S/C15H21NO4S/c1-3-13-15(16-4-2)10-8-11-12(20-7-5-6-19-11)9-14(10)21(13,17)18/h8-9,13,15-16H,3-7H2,1-2H3. The van der Waals surface area contributed by atoms with E-state index in [1.54, 1.807) is 6.07 Å². The lowest BCUT2D eigenvalue weighted by Crippen LogP contribution is -2.31. The van der Waals surface area contributed by atoms with E-state index in [9.17, 15) is 8.42 Å². The molecule has 2 unspecified atom stereocenters. The average molecular weight is 311 g/mol. The predicted octanol–water partition coefficient (Wildman–Crippen LogP) is 2.06. The minimum absolute atomic E-state index is 0.169. The number of hydrogen-bond donors (Lipinski definition) is 1. The second kappa shape index (κ2) is 5.50. The summed E-state index contributed by atoms with van der Waals surface area (Å²) in [5, 5.41) is 2.89. The molecule has 0 bridgehead atoms. The van der Waals surface area contributed by atoms with Gasteiger partial charge in [0.2, 0.25) is 0 Å². The number of fused-ring (bicyclic) bond motifs is 2. The van der Waals surface area contributed by atoms with Gasteiger partial charge in [0.25, 0.3) is 0 Å². The lowest BCUT2D eigenvalue weighted by molar-refractivity contribution is 0.296. The molecule has 2 aliphatic heterocycles. The molecule has 0 spiro atoms. The van der Waals surface area contributed by atoms with Gasteiger partial charge in [0.1, 0.15) is 0 Å². The van der Waals surface area contributed by atoms with Crippen molar-refractivity contribution in [3.63, 3.8) is 0 Å². The highest BCUT2D eigenvalue weighted by Crippen LogP contribution is 2.45. The lowest BCUT2D eigenvalue weighted by Gasteiger charge is -2.18. The molecule has 3 rings (SSSR count). The highest BCUT2D eigenvalue weighted by atomic mass is 32.2. The minimum atomic E-state index is -3.31. The summed E-state index contributed by atoms with van der Waals surface area (Å²) in [5.41, 5.74) is 0.813. The summed E-state index contributed by atoms with van der Waals surface area (Å²) >= 11 is 0. The van der Waals surface area contributed by atoms with Crippen LogP contribution in [0.2, 0.25) is 0 Å². The maximum Gasteiger partial charge on any atom is 0.183 e. The quantitative estimate of drug-likeness (QED) is 0.925. The van der Waals surface area contributed by atoms with Crippen molar-refractivity contribution >= 4 is 9.84 Å². The van der Waals surface area contributed by atoms with Crippen LogP contribution in [0.4, 0.5) is 0 Å². The van der Waals surface area contributed by atoms with Crippen molar-refractivity contribution in [2.75, 3.05) is 19.8 Å². The van der Waals surface area contributed by atoms with Crippen LogP contribution in [0.15, 0.2) is 17.0 Å². The van der Waals surface area contributed by atoms with E-state index in [-0.39, 0.29) is 6.04 Å². The summed E-state index contributed by atoms with van der Waals surface area (Å²) in [4.78, 5) is 0.393. The van der Waals surface area contributed by atoms with Crippen LogP contribution in [-0.2, 0) is 9.84 Å². The summed E-state index contributed by atoms with van der Waals surface area (Å²) < 4.78 is 36.8. The number of sulfone groups is 1. The molecule has 1 aromatic rings. The molecule has 0 amide bonds. The van der Waals surface area contributed by atoms with Gasteiger partial charge in [-0.2, -0.15) is 0 Å². The van der Waals surface area contributed by atoms with Gasteiger partial charge in [-0.1, -0.05) is 13.8 Å². The van der Waals surface area contributed by atoms with Gasteiger partial charge in [0.05, 0.1) is 29.4 Å². The first-order valence-electron chi connectivity index (χ1n) is 7.50. The van der Waals surface area contributed by atoms with Crippen LogP contribution < -0.4 is 14.8 Å². The van der Waals surface area contributed by atoms with Crippen molar-refractivity contribution in [3.8, 4) is 11.5 Å². The molecule has 0 saturated heterocycles. The Balaban J connectivity index is 2.15. The Morgan fingerprint density at radius 2 is 1.86 bits per heavy atom. The van der Waals surface area contributed by atoms with Crippen LogP contribution in [0.3, 0.4) is 0 Å². The molecule has 0 saturated carbocycles. The number of benzene rings is 1. The molecule has 1 aromatic carbocycles. The zero-order valence-corrected chi connectivity index (χ0v) is 13.2. The van der Waals surface area contributed by atoms with Crippen molar-refractivity contribution in [3.05, 3.63) is 17.7 Å². The number of ether oxygens (including phenoxy) is 2. The number of hydrogen-bond acceptors (Lipinski definition) is 5. The summed E-state index contributed by atoms with van der Waals surface area (Å²) in [6.07, 6.45) is 1.39. The fourth-order valence-electron chi connectivity index (χ4n) is 3.15. The maximum absolute atomic E-state index is 12.7. The second-order valence-corrected chi connectivity index (χ2v) is 7.55. The molecular formula is C15H21NO4S. The van der Waals surface area contributed by atoms with Gasteiger partial charge in [-0.05, 0) is 24.6 Å². The predicted molar refractivity (Wildman–Crippen MR) is 79.7 cm³/mol. The third-order valence-corrected chi connectivity index (χ3v) is 6.49. The van der Waals surface area contributed by atoms with E-state index in [1.807, 2.05) is 19.9 Å². The Bertz CT molecular complexity index is 641. The lowest BCUT2D eigenvalue weighted by atomic mass is 10.0. The smallest absolute Gasteiger partial charge is 0.183 e. The first-order chi connectivity index (χ1) is 10.1. The molecular weight excluding hydrogens is 290 g/mol. The van der Waals surface area contributed by atoms with E-state index >= 15 is 0 Å². The maximum atomic E-state index is 12.7. The van der Waals surface area contributed by atoms with E-state index in [0.29, 0.717) is 36.0 Å². The van der Waals surface area contributed by atoms with Gasteiger partial charge in [-0.3, -0.25) is 0 Å². The summed E-state index contributed by atoms with van der Waals surface area (Å²) in [6.45, 7) is 5.78. The molecule has 0 radical (unpaired) electrons. The van der Waals surface area contributed by atoms with Crippen LogP contribution in [-0.4, -0.2) is 33.4 Å². The molecule has 2 aliphatic rings. The van der Waals surface area contributed by atoms with E-state index in [4.69, 9.17) is 9.47 Å². The molecule has 2 heterocycles. The monoisotopic (exact) mass is 311 g/mol. The Hall–Kier alpha value is -1.27. The Morgan fingerprint density at radius 1 is 1.19 bits per heavy atom. The molecule has 0 aliphatic carbocycles. The molecule has 2 atom stereocenters. The summed E-state index contributed by atoms with van der Waals surface area (Å²) in [5.74, 6) is 1.20. The fraction of sp³-hybridized carbons (Fsp3) is 0.600. The highest BCUT2D eigenvalue weighted by molar-refractivity contribution is 7.92. The third-order valence-electron chi connectivity index (χ3n) is 4.12. The van der Waals surface area contributed by atoms with Crippen molar-refractivity contribution < 1.29 is 17.9 Å². The van der Waals surface area contributed by atoms with Crippen LogP contribution >= 0.6 is 0 Å². The molecule has 0 fully saturated rings. The first-order valence-corrected chi connectivity index (χ1v) is 9.05. The largest absolute Gasteiger partial charge is 0.490 e. The normalized spacial score (nSPS) is 26.2. The fourth-order valence-corrected chi connectivity index (χ4v) is 5.31. The summed E-state index contributed by atoms with van der Waals surface area (Å²) in [6, 6.07) is 3.32. The van der Waals surface area contributed by atoms with Gasteiger partial charge in [-0.25, -0.2) is 8.42 Å². The van der Waals surface area contributed by atoms with E-state index < -0.39 is 15.1 Å². The number of rotatable bonds is 3. The third kappa shape index (κ3) is 2.30. The van der Waals surface area contributed by atoms with Crippen LogP contribution in [0.1, 0.15) is 38.3 Å². The van der Waals surface area contributed by atoms with Crippen molar-refractivity contribution in [2.24, 2.45) is 0 Å². The highest BCUT2D eigenvalue weighted by Gasteiger charge is 2.44. The molecule has 21 heavy (non-hydrogen) atoms. The van der Waals surface area contributed by atoms with Crippen LogP contribution in [0, 0.1) is 0 Å². The van der Waals surface area contributed by atoms with Crippen molar-refractivity contribution in [2.45, 2.75) is 42.9 Å². The van der Waals surface area contributed by atoms with Crippen molar-refractivity contribution in [1.82, 2.24) is 5.32 Å². The van der Waals surface area contributed by atoms with Crippen LogP contribution in [0.5, 0.6) is 11.5 Å². The average Bonchev–Trinajstić information content (AvgIpc) is 2.63. The first kappa shape index (κ1) is 14.7. The number of nitrogens with one attached hydrogen (secondary N) is 1. The minimum Gasteiger partial charge on any atom is -0.490 e. The Labute approximate surface area is 125 Å². The topological polar surface area (TPSA) is 64.6 Å². The molecule has 116 valence electrons. The Morgan fingerprint density at radius 3 is 2.48 bits per heavy atom. The van der Waals surface area contributed by atoms with Gasteiger partial charge < -0.3 is 14.8 Å². The zero-order chi connectivity index (χ0) is 15.0.